The Hall–Kier alpha value is -3.42. The van der Waals surface area contributed by atoms with Gasteiger partial charge in [-0.1, -0.05) is 18.2 Å². The van der Waals surface area contributed by atoms with Gasteiger partial charge in [0.2, 0.25) is 0 Å². The van der Waals surface area contributed by atoms with E-state index in [1.165, 1.54) is 0 Å². The van der Waals surface area contributed by atoms with Gasteiger partial charge in [-0.3, -0.25) is 9.88 Å². The minimum Gasteiger partial charge on any atom is -0.465 e. The molecule has 0 saturated carbocycles. The van der Waals surface area contributed by atoms with Crippen molar-refractivity contribution in [3.05, 3.63) is 54.5 Å². The quantitative estimate of drug-likeness (QED) is 0.618. The minimum absolute atomic E-state index is 0.0687. The number of pyridine rings is 1. The summed E-state index contributed by atoms with van der Waals surface area (Å²) in [7, 11) is 0. The van der Waals surface area contributed by atoms with E-state index in [0.717, 1.165) is 60.7 Å². The normalized spacial score (nSPS) is 19.2. The number of para-hydroxylation sites is 1. The number of fused-ring (bicyclic) bond motifs is 1. The lowest BCUT2D eigenvalue weighted by molar-refractivity contribution is 0.0647. The van der Waals surface area contributed by atoms with E-state index in [4.69, 9.17) is 15.0 Å². The van der Waals surface area contributed by atoms with Crippen molar-refractivity contribution in [2.45, 2.75) is 51.1 Å². The number of benzene rings is 1. The van der Waals surface area contributed by atoms with Gasteiger partial charge in [-0.15, -0.1) is 0 Å². The summed E-state index contributed by atoms with van der Waals surface area (Å²) in [6, 6.07) is 12.3. The van der Waals surface area contributed by atoms with Crippen LogP contribution in [-0.4, -0.2) is 68.8 Å². The fourth-order valence-electron chi connectivity index (χ4n) is 5.29. The summed E-state index contributed by atoms with van der Waals surface area (Å²) in [6.45, 7) is 9.06. The summed E-state index contributed by atoms with van der Waals surface area (Å²) < 4.78 is 0. The number of anilines is 2. The van der Waals surface area contributed by atoms with Crippen molar-refractivity contribution in [2.24, 2.45) is 0 Å². The van der Waals surface area contributed by atoms with Gasteiger partial charge in [-0.25, -0.2) is 14.8 Å². The third-order valence-corrected chi connectivity index (χ3v) is 6.87. The Bertz CT molecular complexity index is 1190. The van der Waals surface area contributed by atoms with Crippen molar-refractivity contribution in [2.75, 3.05) is 36.0 Å². The van der Waals surface area contributed by atoms with Crippen LogP contribution in [0, 0.1) is 0 Å². The van der Waals surface area contributed by atoms with Crippen molar-refractivity contribution < 1.29 is 9.90 Å². The lowest BCUT2D eigenvalue weighted by atomic mass is 9.94. The largest absolute Gasteiger partial charge is 0.465 e. The maximum Gasteiger partial charge on any atom is 0.408 e. The average Bonchev–Trinajstić information content (AvgIpc) is 2.77. The molecule has 1 aromatic carbocycles. The molecule has 0 bridgehead atoms. The van der Waals surface area contributed by atoms with E-state index < -0.39 is 11.6 Å². The predicted octanol–water partition coefficient (Wildman–Crippen LogP) is 4.38. The number of hydrogen-bond acceptors (Lipinski definition) is 6. The summed E-state index contributed by atoms with van der Waals surface area (Å²) in [5.74, 6) is 2.15. The zero-order chi connectivity index (χ0) is 23.9. The number of hydrogen-bond donors (Lipinski definition) is 1. The second-order valence-electron chi connectivity index (χ2n) is 10.3. The Balaban J connectivity index is 1.32. The van der Waals surface area contributed by atoms with Gasteiger partial charge in [-0.05, 0) is 51.8 Å². The number of piperidine rings is 1. The van der Waals surface area contributed by atoms with Gasteiger partial charge in [0.05, 0.1) is 17.3 Å². The molecular formula is C26H32N6O2. The van der Waals surface area contributed by atoms with Gasteiger partial charge in [0.25, 0.3) is 0 Å². The Morgan fingerprint density at radius 2 is 1.79 bits per heavy atom. The molecule has 2 aromatic heterocycles. The Labute approximate surface area is 200 Å². The molecule has 4 heterocycles. The molecular weight excluding hydrogens is 428 g/mol. The minimum atomic E-state index is -0.865. The maximum atomic E-state index is 12.0. The number of aromatic nitrogens is 3. The molecule has 1 atom stereocenters. The molecule has 0 aliphatic carbocycles. The Kier molecular flexibility index (Phi) is 5.75. The van der Waals surface area contributed by atoms with Gasteiger partial charge in [-0.2, -0.15) is 0 Å². The molecule has 0 unspecified atom stereocenters. The molecule has 2 aliphatic heterocycles. The molecule has 178 valence electrons. The van der Waals surface area contributed by atoms with E-state index in [-0.39, 0.29) is 12.0 Å². The molecule has 0 spiro atoms. The molecule has 34 heavy (non-hydrogen) atoms. The second kappa shape index (κ2) is 8.74. The van der Waals surface area contributed by atoms with Crippen LogP contribution in [0.3, 0.4) is 0 Å². The first kappa shape index (κ1) is 22.4. The molecule has 2 fully saturated rings. The maximum absolute atomic E-state index is 12.0. The SMILES string of the molecule is CC(C)(C)N(C(=O)O)[C@H]1CCCN(c2nccnc2C2CN(c3ccc4ccccc4n3)C2)C1. The van der Waals surface area contributed by atoms with Gasteiger partial charge >= 0.3 is 6.09 Å². The molecule has 0 radical (unpaired) electrons. The summed E-state index contributed by atoms with van der Waals surface area (Å²) in [6.07, 6.45) is 4.42. The smallest absolute Gasteiger partial charge is 0.408 e. The van der Waals surface area contributed by atoms with Gasteiger partial charge < -0.3 is 14.9 Å². The first-order valence-corrected chi connectivity index (χ1v) is 12.0. The lowest BCUT2D eigenvalue weighted by Gasteiger charge is -2.45. The topological polar surface area (TPSA) is 85.7 Å². The summed E-state index contributed by atoms with van der Waals surface area (Å²) >= 11 is 0. The van der Waals surface area contributed by atoms with Crippen LogP contribution in [0.2, 0.25) is 0 Å². The zero-order valence-corrected chi connectivity index (χ0v) is 20.1. The molecule has 8 nitrogen and oxygen atoms in total. The number of rotatable bonds is 4. The highest BCUT2D eigenvalue weighted by Crippen LogP contribution is 2.35. The third kappa shape index (κ3) is 4.24. The van der Waals surface area contributed by atoms with E-state index in [2.05, 4.69) is 28.0 Å². The fourth-order valence-corrected chi connectivity index (χ4v) is 5.29. The first-order valence-electron chi connectivity index (χ1n) is 12.0. The molecule has 1 amide bonds. The molecule has 2 saturated heterocycles. The van der Waals surface area contributed by atoms with Gasteiger partial charge in [0.1, 0.15) is 5.82 Å². The van der Waals surface area contributed by atoms with Crippen LogP contribution in [-0.2, 0) is 0 Å². The average molecular weight is 461 g/mol. The van der Waals surface area contributed by atoms with E-state index >= 15 is 0 Å². The summed E-state index contributed by atoms with van der Waals surface area (Å²) in [4.78, 5) is 32.4. The number of carboxylic acid groups (broad SMARTS) is 1. The van der Waals surface area contributed by atoms with Crippen molar-refractivity contribution >= 4 is 28.6 Å². The van der Waals surface area contributed by atoms with Crippen molar-refractivity contribution in [3.8, 4) is 0 Å². The molecule has 3 aromatic rings. The van der Waals surface area contributed by atoms with Crippen LogP contribution >= 0.6 is 0 Å². The number of carbonyl (C=O) groups is 1. The molecule has 2 aliphatic rings. The van der Waals surface area contributed by atoms with Crippen LogP contribution in [0.5, 0.6) is 0 Å². The van der Waals surface area contributed by atoms with Crippen LogP contribution < -0.4 is 9.80 Å². The van der Waals surface area contributed by atoms with Crippen LogP contribution in [0.4, 0.5) is 16.4 Å². The van der Waals surface area contributed by atoms with Crippen LogP contribution in [0.25, 0.3) is 10.9 Å². The molecule has 5 rings (SSSR count). The van der Waals surface area contributed by atoms with Gasteiger partial charge in [0, 0.05) is 55.4 Å². The number of amides is 1. The van der Waals surface area contributed by atoms with Gasteiger partial charge in [0.15, 0.2) is 5.82 Å². The third-order valence-electron chi connectivity index (χ3n) is 6.87. The van der Waals surface area contributed by atoms with E-state index in [0.29, 0.717) is 6.54 Å². The standard InChI is InChI=1S/C26H32N6O2/c1-26(2,3)32(25(33)34)20-8-6-14-30(17-20)24-23(27-12-13-28-24)19-15-31(16-19)22-11-10-18-7-4-5-9-21(18)29-22/h4-5,7,9-13,19-20H,6,8,14-17H2,1-3H3,(H,33,34)/t20-/m0/s1. The first-order chi connectivity index (χ1) is 16.3. The van der Waals surface area contributed by atoms with E-state index in [1.807, 2.05) is 39.0 Å². The highest BCUT2D eigenvalue weighted by Gasteiger charge is 2.38. The fraction of sp³-hybridized carbons (Fsp3) is 0.462. The lowest BCUT2D eigenvalue weighted by Crippen LogP contribution is -2.57. The van der Waals surface area contributed by atoms with Crippen molar-refractivity contribution in [1.29, 1.82) is 0 Å². The summed E-state index contributed by atoms with van der Waals surface area (Å²) in [5.41, 5.74) is 1.55. The van der Waals surface area contributed by atoms with E-state index in [1.54, 1.807) is 17.3 Å². The Morgan fingerprint density at radius 3 is 2.56 bits per heavy atom. The highest BCUT2D eigenvalue weighted by atomic mass is 16.4. The van der Waals surface area contributed by atoms with Crippen LogP contribution in [0.15, 0.2) is 48.8 Å². The highest BCUT2D eigenvalue weighted by molar-refractivity contribution is 5.80. The van der Waals surface area contributed by atoms with Crippen molar-refractivity contribution in [3.63, 3.8) is 0 Å². The van der Waals surface area contributed by atoms with Crippen LogP contribution in [0.1, 0.15) is 45.2 Å². The zero-order valence-electron chi connectivity index (χ0n) is 20.1. The molecule has 1 N–H and O–H groups in total. The Morgan fingerprint density at radius 1 is 1.03 bits per heavy atom. The monoisotopic (exact) mass is 460 g/mol. The van der Waals surface area contributed by atoms with Crippen molar-refractivity contribution in [1.82, 2.24) is 19.9 Å². The van der Waals surface area contributed by atoms with E-state index in [9.17, 15) is 9.90 Å². The predicted molar refractivity (Wildman–Crippen MR) is 134 cm³/mol. The second-order valence-corrected chi connectivity index (χ2v) is 10.3. The number of nitrogens with zero attached hydrogens (tertiary/aromatic N) is 6. The summed E-state index contributed by atoms with van der Waals surface area (Å²) in [5, 5.41) is 11.0. The molecule has 8 heteroatoms.